The second-order valence-electron chi connectivity index (χ2n) is 8.87. The first-order valence-electron chi connectivity index (χ1n) is 11.6. The molecule has 0 saturated heterocycles. The molecule has 0 N–H and O–H groups in total. The number of rotatable bonds is 7. The van der Waals surface area contributed by atoms with Crippen LogP contribution in [0.3, 0.4) is 0 Å². The molecule has 2 heterocycles. The topological polar surface area (TPSA) is 69.9 Å². The lowest BCUT2D eigenvalue weighted by atomic mass is 9.87. The van der Waals surface area contributed by atoms with Crippen molar-refractivity contribution >= 4 is 17.4 Å². The van der Waals surface area contributed by atoms with Crippen molar-refractivity contribution in [2.75, 3.05) is 7.11 Å². The maximum Gasteiger partial charge on any atom is 0.309 e. The SMILES string of the molecule is COC(=O)[C@@H]1Cc2ccccc2[C@H]1CC(=O)c1c(C)nc2c(OCc3c(F)cccc3F)cccn12. The summed E-state index contributed by atoms with van der Waals surface area (Å²) >= 11 is 0. The monoisotopic (exact) mass is 490 g/mol. The fraction of sp³-hybridized carbons (Fsp3) is 0.250. The summed E-state index contributed by atoms with van der Waals surface area (Å²) in [6, 6.07) is 14.7. The molecule has 0 amide bonds. The Morgan fingerprint density at radius 2 is 1.81 bits per heavy atom. The highest BCUT2D eigenvalue weighted by Gasteiger charge is 2.39. The van der Waals surface area contributed by atoms with E-state index in [0.29, 0.717) is 29.2 Å². The summed E-state index contributed by atoms with van der Waals surface area (Å²) < 4.78 is 40.4. The number of nitrogens with zero attached hydrogens (tertiary/aromatic N) is 2. The number of hydrogen-bond acceptors (Lipinski definition) is 5. The summed E-state index contributed by atoms with van der Waals surface area (Å²) in [5.74, 6) is -2.37. The number of carbonyl (C=O) groups is 2. The Morgan fingerprint density at radius 3 is 2.56 bits per heavy atom. The first kappa shape index (κ1) is 23.7. The third-order valence-electron chi connectivity index (χ3n) is 6.78. The van der Waals surface area contributed by atoms with Crippen LogP contribution in [-0.4, -0.2) is 28.2 Å². The van der Waals surface area contributed by atoms with E-state index in [1.54, 1.807) is 29.7 Å². The molecule has 0 bridgehead atoms. The Hall–Kier alpha value is -4.07. The minimum atomic E-state index is -0.700. The van der Waals surface area contributed by atoms with Gasteiger partial charge in [-0.15, -0.1) is 0 Å². The Labute approximate surface area is 206 Å². The highest BCUT2D eigenvalue weighted by atomic mass is 19.1. The second kappa shape index (κ2) is 9.53. The van der Waals surface area contributed by atoms with E-state index in [1.807, 2.05) is 24.3 Å². The van der Waals surface area contributed by atoms with Crippen molar-refractivity contribution in [3.8, 4) is 5.75 Å². The predicted octanol–water partition coefficient (Wildman–Crippen LogP) is 5.20. The number of ketones is 1. The molecule has 0 radical (unpaired) electrons. The van der Waals surface area contributed by atoms with E-state index in [4.69, 9.17) is 9.47 Å². The van der Waals surface area contributed by atoms with Gasteiger partial charge in [0.2, 0.25) is 0 Å². The summed E-state index contributed by atoms with van der Waals surface area (Å²) in [4.78, 5) is 30.6. The molecule has 2 aromatic heterocycles. The van der Waals surface area contributed by atoms with E-state index in [9.17, 15) is 18.4 Å². The van der Waals surface area contributed by atoms with Crippen LogP contribution in [0.15, 0.2) is 60.8 Å². The predicted molar refractivity (Wildman–Crippen MR) is 128 cm³/mol. The van der Waals surface area contributed by atoms with Gasteiger partial charge in [0, 0.05) is 18.5 Å². The van der Waals surface area contributed by atoms with E-state index in [1.165, 1.54) is 25.3 Å². The Bertz CT molecular complexity index is 1460. The third kappa shape index (κ3) is 4.12. The molecule has 5 rings (SSSR count). The summed E-state index contributed by atoms with van der Waals surface area (Å²) in [5, 5.41) is 0. The van der Waals surface area contributed by atoms with Gasteiger partial charge in [-0.25, -0.2) is 13.8 Å². The number of fused-ring (bicyclic) bond motifs is 2. The standard InChI is InChI=1S/C28H24F2N2O4/c1-16-26(24(33)14-19-18-8-4-3-7-17(18)13-20(19)28(34)35-2)32-12-6-11-25(27(32)31-16)36-15-21-22(29)9-5-10-23(21)30/h3-12,19-20H,13-15H2,1-2H3/t19-,20-/m1/s1. The largest absolute Gasteiger partial charge is 0.485 e. The molecular weight excluding hydrogens is 466 g/mol. The number of Topliss-reactive ketones (excluding diaryl/α,β-unsaturated/α-hetero) is 1. The Balaban J connectivity index is 1.45. The van der Waals surface area contributed by atoms with Gasteiger partial charge in [-0.05, 0) is 48.7 Å². The molecule has 2 aromatic carbocycles. The lowest BCUT2D eigenvalue weighted by molar-refractivity contribution is -0.145. The molecule has 0 saturated carbocycles. The first-order chi connectivity index (χ1) is 17.4. The number of aromatic nitrogens is 2. The molecule has 1 aliphatic rings. The minimum absolute atomic E-state index is 0.108. The molecule has 0 fully saturated rings. The van der Waals surface area contributed by atoms with E-state index < -0.39 is 17.6 Å². The zero-order valence-corrected chi connectivity index (χ0v) is 19.8. The highest BCUT2D eigenvalue weighted by Crippen LogP contribution is 2.41. The van der Waals surface area contributed by atoms with Crippen molar-refractivity contribution in [3.05, 3.63) is 101 Å². The molecule has 8 heteroatoms. The number of halogens is 2. The summed E-state index contributed by atoms with van der Waals surface area (Å²) in [6.07, 6.45) is 2.33. The molecular formula is C28H24F2N2O4. The van der Waals surface area contributed by atoms with Crippen molar-refractivity contribution in [2.24, 2.45) is 5.92 Å². The molecule has 0 spiro atoms. The molecule has 36 heavy (non-hydrogen) atoms. The van der Waals surface area contributed by atoms with E-state index in [0.717, 1.165) is 11.1 Å². The van der Waals surface area contributed by atoms with Crippen LogP contribution in [0.5, 0.6) is 5.75 Å². The van der Waals surface area contributed by atoms with Crippen LogP contribution in [0.4, 0.5) is 8.78 Å². The number of ether oxygens (including phenoxy) is 2. The number of methoxy groups -OCH3 is 1. The molecule has 1 aliphatic carbocycles. The van der Waals surface area contributed by atoms with Gasteiger partial charge in [0.15, 0.2) is 17.2 Å². The number of hydrogen-bond donors (Lipinski definition) is 0. The fourth-order valence-electron chi connectivity index (χ4n) is 5.05. The van der Waals surface area contributed by atoms with E-state index in [-0.39, 0.29) is 36.3 Å². The van der Waals surface area contributed by atoms with Gasteiger partial charge in [0.25, 0.3) is 0 Å². The molecule has 2 atom stereocenters. The van der Waals surface area contributed by atoms with Crippen molar-refractivity contribution < 1.29 is 27.8 Å². The van der Waals surface area contributed by atoms with Crippen molar-refractivity contribution in [3.63, 3.8) is 0 Å². The zero-order chi connectivity index (χ0) is 25.4. The van der Waals surface area contributed by atoms with E-state index >= 15 is 0 Å². The third-order valence-corrected chi connectivity index (χ3v) is 6.78. The smallest absolute Gasteiger partial charge is 0.309 e. The Kier molecular flexibility index (Phi) is 6.26. The number of esters is 1. The quantitative estimate of drug-likeness (QED) is 0.263. The summed E-state index contributed by atoms with van der Waals surface area (Å²) in [6.45, 7) is 1.40. The van der Waals surface area contributed by atoms with Crippen molar-refractivity contribution in [1.29, 1.82) is 0 Å². The maximum atomic E-state index is 14.0. The highest BCUT2D eigenvalue weighted by molar-refractivity contribution is 5.97. The summed E-state index contributed by atoms with van der Waals surface area (Å²) in [5.41, 5.74) is 3.06. The zero-order valence-electron chi connectivity index (χ0n) is 19.8. The normalized spacial score (nSPS) is 16.7. The van der Waals surface area contributed by atoms with Crippen LogP contribution in [0.2, 0.25) is 0 Å². The van der Waals surface area contributed by atoms with Crippen molar-refractivity contribution in [2.45, 2.75) is 32.3 Å². The van der Waals surface area contributed by atoms with Gasteiger partial charge in [-0.2, -0.15) is 0 Å². The minimum Gasteiger partial charge on any atom is -0.485 e. The van der Waals surface area contributed by atoms with Crippen LogP contribution in [-0.2, 0) is 22.6 Å². The van der Waals surface area contributed by atoms with Gasteiger partial charge in [-0.1, -0.05) is 30.3 Å². The van der Waals surface area contributed by atoms with Crippen molar-refractivity contribution in [1.82, 2.24) is 9.38 Å². The summed E-state index contributed by atoms with van der Waals surface area (Å²) in [7, 11) is 1.35. The van der Waals surface area contributed by atoms with Gasteiger partial charge in [0.05, 0.1) is 24.3 Å². The fourth-order valence-corrected chi connectivity index (χ4v) is 5.05. The van der Waals surface area contributed by atoms with Crippen LogP contribution in [0, 0.1) is 24.5 Å². The average Bonchev–Trinajstić information content (AvgIpc) is 3.40. The van der Waals surface area contributed by atoms with Gasteiger partial charge in [0.1, 0.15) is 23.9 Å². The number of benzene rings is 2. The molecule has 184 valence electrons. The number of pyridine rings is 1. The number of carbonyl (C=O) groups excluding carboxylic acids is 2. The van der Waals surface area contributed by atoms with E-state index in [2.05, 4.69) is 4.98 Å². The van der Waals surface area contributed by atoms with Crippen LogP contribution in [0.25, 0.3) is 5.65 Å². The second-order valence-corrected chi connectivity index (χ2v) is 8.87. The van der Waals surface area contributed by atoms with Crippen LogP contribution >= 0.6 is 0 Å². The maximum absolute atomic E-state index is 14.0. The van der Waals surface area contributed by atoms with Gasteiger partial charge in [-0.3, -0.25) is 14.0 Å². The number of imidazole rings is 1. The lowest BCUT2D eigenvalue weighted by Crippen LogP contribution is -2.23. The number of aryl methyl sites for hydroxylation is 1. The molecule has 0 unspecified atom stereocenters. The molecule has 6 nitrogen and oxygen atoms in total. The first-order valence-corrected chi connectivity index (χ1v) is 11.6. The molecule has 4 aromatic rings. The molecule has 0 aliphatic heterocycles. The van der Waals surface area contributed by atoms with Gasteiger partial charge < -0.3 is 9.47 Å². The lowest BCUT2D eigenvalue weighted by Gasteiger charge is -2.18. The Morgan fingerprint density at radius 1 is 1.06 bits per heavy atom. The van der Waals surface area contributed by atoms with Crippen LogP contribution in [0.1, 0.15) is 45.2 Å². The van der Waals surface area contributed by atoms with Gasteiger partial charge >= 0.3 is 5.97 Å². The van der Waals surface area contributed by atoms with Crippen LogP contribution < -0.4 is 4.74 Å². The average molecular weight is 491 g/mol.